The molecular formula is C43H61Cl2NO2SiZr. The molecule has 1 aromatic carbocycles. The van der Waals surface area contributed by atoms with Gasteiger partial charge in [-0.3, -0.25) is 0 Å². The first-order chi connectivity index (χ1) is 23.1. The van der Waals surface area contributed by atoms with Crippen molar-refractivity contribution in [2.45, 2.75) is 87.7 Å². The Morgan fingerprint density at radius 2 is 1.24 bits per heavy atom. The van der Waals surface area contributed by atoms with Crippen LogP contribution in [0.5, 0.6) is 5.75 Å². The summed E-state index contributed by atoms with van der Waals surface area (Å²) in [6, 6.07) is 8.84. The van der Waals surface area contributed by atoms with E-state index in [1.165, 1.54) is 37.4 Å². The number of allylic oxidation sites excluding steroid dienone is 11. The van der Waals surface area contributed by atoms with Crippen molar-refractivity contribution >= 4 is 30.8 Å². The van der Waals surface area contributed by atoms with Crippen molar-refractivity contribution in [3.05, 3.63) is 112 Å². The molecule has 5 aliphatic carbocycles. The van der Waals surface area contributed by atoms with Crippen LogP contribution < -0.4 is 9.64 Å². The summed E-state index contributed by atoms with van der Waals surface area (Å²) in [5, 5.41) is 0. The van der Waals surface area contributed by atoms with Crippen molar-refractivity contribution in [2.24, 2.45) is 35.5 Å². The molecule has 2 saturated carbocycles. The third-order valence-corrected chi connectivity index (χ3v) is 18.6. The Morgan fingerprint density at radius 1 is 0.740 bits per heavy atom. The zero-order chi connectivity index (χ0) is 34.1. The number of benzene rings is 1. The zero-order valence-electron chi connectivity index (χ0n) is 31.7. The fourth-order valence-corrected chi connectivity index (χ4v) is 17.9. The molecule has 7 rings (SSSR count). The Morgan fingerprint density at radius 3 is 1.78 bits per heavy atom. The minimum absolute atomic E-state index is 0. The van der Waals surface area contributed by atoms with Crippen LogP contribution in [0.3, 0.4) is 0 Å². The van der Waals surface area contributed by atoms with E-state index >= 15 is 0 Å². The summed E-state index contributed by atoms with van der Waals surface area (Å²) in [5.41, 5.74) is 4.36. The Labute approximate surface area is 325 Å². The van der Waals surface area contributed by atoms with Gasteiger partial charge in [-0.2, -0.15) is 0 Å². The third-order valence-electron chi connectivity index (χ3n) is 12.6. The number of ether oxygens (including phenoxy) is 2. The van der Waals surface area contributed by atoms with E-state index in [1.54, 1.807) is 5.56 Å². The molecule has 0 saturated heterocycles. The van der Waals surface area contributed by atoms with Crippen molar-refractivity contribution in [1.29, 1.82) is 0 Å². The van der Waals surface area contributed by atoms with Crippen LogP contribution >= 0.6 is 17.0 Å². The first-order valence-corrected chi connectivity index (χ1v) is 27.4. The standard InChI is InChI=1S/C41H55NO2Si.2CH3.2ClH.Zr/c1-41(2,3)44-25-15-7-8-16-26-45(6,39-32-20-12-9-17-29(32)30-18-10-13-21-33(30)39)40-34-22-14-11-19-31(34)38-37(40)35-27-28(43-5)23-24-36(35)42(38)4;;;;;/h9-14,17-24,27,29-34,37-40H,7-8,15-16,25-26H2,1-6H3;2*1H3;2*1H;/q;2*-1;;;+4/p-2. The van der Waals surface area contributed by atoms with E-state index in [-0.39, 0.29) is 20.5 Å². The van der Waals surface area contributed by atoms with E-state index in [2.05, 4.69) is 130 Å². The molecular weight excluding hydrogens is 753 g/mol. The molecule has 50 heavy (non-hydrogen) atoms. The first-order valence-electron chi connectivity index (χ1n) is 18.2. The number of halogens is 2. The molecule has 7 heteroatoms. The SMILES string of the molecule is COc1ccc2c(c1)C1C(C3C=CC=CC3C1[Si](C)(CCCCCCOC(C)(C)C)C1C3C=CC=CC3C3C=CC=CC31)N2C.[CH3-].[CH3-].[Cl][Zr+2][Cl]. The monoisotopic (exact) mass is 811 g/mol. The predicted molar refractivity (Wildman–Crippen MR) is 216 cm³/mol. The second-order valence-corrected chi connectivity index (χ2v) is 24.7. The summed E-state index contributed by atoms with van der Waals surface area (Å²) in [6.07, 6.45) is 34.8. The molecule has 2 fully saturated rings. The van der Waals surface area contributed by atoms with E-state index < -0.39 is 28.9 Å². The summed E-state index contributed by atoms with van der Waals surface area (Å²) in [4.78, 5) is 2.65. The molecule has 272 valence electrons. The number of hydrogen-bond acceptors (Lipinski definition) is 3. The van der Waals surface area contributed by atoms with Gasteiger partial charge >= 0.3 is 37.9 Å². The number of methoxy groups -OCH3 is 1. The summed E-state index contributed by atoms with van der Waals surface area (Å²) in [7, 11) is 12.1. The molecule has 0 spiro atoms. The van der Waals surface area contributed by atoms with Gasteiger partial charge in [0.05, 0.1) is 20.8 Å². The average molecular weight is 814 g/mol. The van der Waals surface area contributed by atoms with Gasteiger partial charge in [-0.1, -0.05) is 105 Å². The molecule has 0 radical (unpaired) electrons. The molecule has 1 aromatic rings. The predicted octanol–water partition coefficient (Wildman–Crippen LogP) is 12.2. The van der Waals surface area contributed by atoms with Crippen molar-refractivity contribution in [2.75, 3.05) is 25.7 Å². The molecule has 0 N–H and O–H groups in total. The number of unbranched alkanes of at least 4 members (excludes halogenated alkanes) is 3. The Balaban J connectivity index is 0.00000109. The van der Waals surface area contributed by atoms with E-state index in [0.717, 1.165) is 17.9 Å². The Kier molecular flexibility index (Phi) is 14.8. The second-order valence-electron chi connectivity index (χ2n) is 16.1. The molecule has 0 bridgehead atoms. The number of nitrogens with zero attached hydrogens (tertiary/aromatic N) is 1. The molecule has 1 heterocycles. The van der Waals surface area contributed by atoms with Crippen LogP contribution in [0.15, 0.2) is 91.1 Å². The van der Waals surface area contributed by atoms with Crippen molar-refractivity contribution in [3.63, 3.8) is 0 Å². The van der Waals surface area contributed by atoms with Gasteiger partial charge in [0.2, 0.25) is 0 Å². The third kappa shape index (κ3) is 8.03. The second kappa shape index (κ2) is 17.8. The quantitative estimate of drug-likeness (QED) is 0.133. The first kappa shape index (κ1) is 41.7. The summed E-state index contributed by atoms with van der Waals surface area (Å²) < 4.78 is 11.9. The van der Waals surface area contributed by atoms with Gasteiger partial charge in [0.15, 0.2) is 0 Å². The summed E-state index contributed by atoms with van der Waals surface area (Å²) in [5.74, 6) is 5.24. The normalized spacial score (nSPS) is 33.0. The Bertz CT molecular complexity index is 1430. The summed E-state index contributed by atoms with van der Waals surface area (Å²) >= 11 is -0.826. The molecule has 0 aromatic heterocycles. The Hall–Kier alpha value is -1.10. The molecule has 1 aliphatic heterocycles. The van der Waals surface area contributed by atoms with Gasteiger partial charge < -0.3 is 29.2 Å². The molecule has 6 aliphatic rings. The molecule has 0 amide bonds. The van der Waals surface area contributed by atoms with E-state index in [0.29, 0.717) is 53.0 Å². The van der Waals surface area contributed by atoms with Crippen LogP contribution in [0, 0.1) is 50.4 Å². The van der Waals surface area contributed by atoms with Gasteiger partial charge in [0.25, 0.3) is 0 Å². The van der Waals surface area contributed by atoms with Crippen LogP contribution in [0.25, 0.3) is 0 Å². The van der Waals surface area contributed by atoms with Crippen molar-refractivity contribution in [1.82, 2.24) is 0 Å². The van der Waals surface area contributed by atoms with Crippen LogP contribution in [-0.4, -0.2) is 40.5 Å². The number of anilines is 1. The number of hydrogen-bond donors (Lipinski definition) is 0. The van der Waals surface area contributed by atoms with Crippen LogP contribution in [-0.2, 0) is 25.6 Å². The molecule has 10 atom stereocenters. The maximum absolute atomic E-state index is 6.08. The molecule has 3 nitrogen and oxygen atoms in total. The number of likely N-dealkylation sites (N-methyl/N-ethyl adjacent to an activating group) is 1. The van der Waals surface area contributed by atoms with Crippen molar-refractivity contribution < 1.29 is 30.3 Å². The van der Waals surface area contributed by atoms with Gasteiger partial charge in [-0.15, -0.1) is 0 Å². The number of fused-ring (bicyclic) bond motifs is 8. The van der Waals surface area contributed by atoms with E-state index in [4.69, 9.17) is 26.5 Å². The fraction of sp³-hybridized carbons (Fsp3) is 0.535. The zero-order valence-corrected chi connectivity index (χ0v) is 36.7. The maximum atomic E-state index is 6.08. The van der Waals surface area contributed by atoms with Crippen LogP contribution in [0.4, 0.5) is 5.69 Å². The minimum atomic E-state index is -1.97. The molecule has 10 unspecified atom stereocenters. The topological polar surface area (TPSA) is 21.7 Å². The van der Waals surface area contributed by atoms with Gasteiger partial charge in [0.1, 0.15) is 5.75 Å². The van der Waals surface area contributed by atoms with E-state index in [9.17, 15) is 0 Å². The van der Waals surface area contributed by atoms with Gasteiger partial charge in [0, 0.05) is 37.2 Å². The van der Waals surface area contributed by atoms with Crippen LogP contribution in [0.2, 0.25) is 23.7 Å². The fourth-order valence-electron chi connectivity index (χ4n) is 11.0. The van der Waals surface area contributed by atoms with Crippen LogP contribution in [0.1, 0.15) is 57.9 Å². The van der Waals surface area contributed by atoms with Crippen molar-refractivity contribution in [3.8, 4) is 5.75 Å². The van der Waals surface area contributed by atoms with E-state index in [1.807, 2.05) is 7.11 Å². The average Bonchev–Trinajstić information content (AvgIpc) is 3.70. The van der Waals surface area contributed by atoms with Gasteiger partial charge in [-0.05, 0) is 91.6 Å². The summed E-state index contributed by atoms with van der Waals surface area (Å²) in [6.45, 7) is 10.3. The number of rotatable bonds is 10. The van der Waals surface area contributed by atoms with Gasteiger partial charge in [-0.25, -0.2) is 0 Å².